The monoisotopic (exact) mass is 188 g/mol. The molecule has 1 aromatic rings. The Balaban J connectivity index is 3.09. The van der Waals surface area contributed by atoms with Crippen LogP contribution in [0.1, 0.15) is 30.9 Å². The predicted octanol–water partition coefficient (Wildman–Crippen LogP) is 2.89. The van der Waals surface area contributed by atoms with E-state index in [0.29, 0.717) is 17.9 Å². The lowest BCUT2D eigenvalue weighted by atomic mass is 10.0. The van der Waals surface area contributed by atoms with Crippen LogP contribution >= 0.6 is 0 Å². The van der Waals surface area contributed by atoms with Crippen molar-refractivity contribution >= 4 is 0 Å². The molecule has 0 N–H and O–H groups in total. The van der Waals surface area contributed by atoms with Crippen molar-refractivity contribution in [3.8, 4) is 11.8 Å². The summed E-state index contributed by atoms with van der Waals surface area (Å²) in [6.45, 7) is 8.42. The molecule has 1 rings (SSSR count). The molecule has 0 bridgehead atoms. The first-order valence-electron chi connectivity index (χ1n) is 4.69. The molecule has 0 amide bonds. The summed E-state index contributed by atoms with van der Waals surface area (Å²) >= 11 is 0. The van der Waals surface area contributed by atoms with E-state index in [9.17, 15) is 0 Å². The summed E-state index contributed by atoms with van der Waals surface area (Å²) in [5.74, 6) is 0.866. The van der Waals surface area contributed by atoms with E-state index in [1.807, 2.05) is 26.0 Å². The Morgan fingerprint density at radius 1 is 1.57 bits per heavy atom. The number of hydrogen-bond acceptors (Lipinski definition) is 2. The van der Waals surface area contributed by atoms with Gasteiger partial charge in [-0.3, -0.25) is 0 Å². The maximum absolute atomic E-state index is 8.83. The molecule has 1 radical (unpaired) electrons. The Bertz CT molecular complexity index is 350. The summed E-state index contributed by atoms with van der Waals surface area (Å²) in [7, 11) is 0. The van der Waals surface area contributed by atoms with Crippen molar-refractivity contribution in [1.82, 2.24) is 0 Å². The van der Waals surface area contributed by atoms with Crippen LogP contribution in [-0.4, -0.2) is 6.61 Å². The van der Waals surface area contributed by atoms with E-state index in [1.54, 1.807) is 6.07 Å². The molecule has 1 aromatic carbocycles. The Hall–Kier alpha value is -1.49. The predicted molar refractivity (Wildman–Crippen MR) is 56.1 cm³/mol. The molecule has 1 unspecified atom stereocenters. The van der Waals surface area contributed by atoms with Crippen molar-refractivity contribution in [2.75, 3.05) is 6.61 Å². The fourth-order valence-corrected chi connectivity index (χ4v) is 1.21. The third-order valence-electron chi connectivity index (χ3n) is 1.99. The number of rotatable bonds is 3. The van der Waals surface area contributed by atoms with E-state index in [-0.39, 0.29) is 5.92 Å². The van der Waals surface area contributed by atoms with Gasteiger partial charge in [0.1, 0.15) is 11.8 Å². The number of hydrogen-bond donors (Lipinski definition) is 0. The van der Waals surface area contributed by atoms with Crippen molar-refractivity contribution < 1.29 is 4.74 Å². The second-order valence-electron chi connectivity index (χ2n) is 3.20. The van der Waals surface area contributed by atoms with Gasteiger partial charge in [0.15, 0.2) is 0 Å². The number of ether oxygens (including phenoxy) is 1. The van der Waals surface area contributed by atoms with Gasteiger partial charge in [0.2, 0.25) is 0 Å². The number of nitriles is 1. The van der Waals surface area contributed by atoms with Crippen LogP contribution in [0.25, 0.3) is 0 Å². The molecule has 73 valence electrons. The van der Waals surface area contributed by atoms with E-state index in [2.05, 4.69) is 13.0 Å². The van der Waals surface area contributed by atoms with Crippen LogP contribution in [0, 0.1) is 18.3 Å². The highest BCUT2D eigenvalue weighted by Crippen LogP contribution is 2.24. The van der Waals surface area contributed by atoms with Gasteiger partial charge in [-0.25, -0.2) is 0 Å². The average Bonchev–Trinajstić information content (AvgIpc) is 2.18. The lowest BCUT2D eigenvalue weighted by Crippen LogP contribution is -1.96. The van der Waals surface area contributed by atoms with Gasteiger partial charge in [0, 0.05) is 0 Å². The molecule has 0 saturated heterocycles. The largest absolute Gasteiger partial charge is 0.492 e. The van der Waals surface area contributed by atoms with E-state index in [1.165, 1.54) is 0 Å². The molecule has 0 aliphatic heterocycles. The molecule has 2 heteroatoms. The highest BCUT2D eigenvalue weighted by molar-refractivity contribution is 5.46. The second-order valence-corrected chi connectivity index (χ2v) is 3.20. The first-order chi connectivity index (χ1) is 6.69. The van der Waals surface area contributed by atoms with Gasteiger partial charge in [-0.15, -0.1) is 0 Å². The molecule has 2 nitrogen and oxygen atoms in total. The molecule has 0 aromatic heterocycles. The average molecular weight is 188 g/mol. The third-order valence-corrected chi connectivity index (χ3v) is 1.99. The van der Waals surface area contributed by atoms with E-state index in [0.717, 1.165) is 5.56 Å². The van der Waals surface area contributed by atoms with E-state index < -0.39 is 0 Å². The second kappa shape index (κ2) is 4.66. The van der Waals surface area contributed by atoms with Gasteiger partial charge in [0.05, 0.1) is 12.2 Å². The molecule has 0 saturated carbocycles. The Morgan fingerprint density at radius 3 is 2.79 bits per heavy atom. The minimum Gasteiger partial charge on any atom is -0.492 e. The summed E-state index contributed by atoms with van der Waals surface area (Å²) in [5.41, 5.74) is 1.67. The molecular weight excluding hydrogens is 174 g/mol. The fourth-order valence-electron chi connectivity index (χ4n) is 1.21. The van der Waals surface area contributed by atoms with Gasteiger partial charge in [-0.1, -0.05) is 13.0 Å². The minimum absolute atomic E-state index is 0.210. The zero-order valence-electron chi connectivity index (χ0n) is 8.58. The first kappa shape index (κ1) is 10.6. The van der Waals surface area contributed by atoms with Crippen molar-refractivity contribution in [3.05, 3.63) is 36.2 Å². The van der Waals surface area contributed by atoms with Gasteiger partial charge in [-0.05, 0) is 37.5 Å². The van der Waals surface area contributed by atoms with Crippen LogP contribution in [0.15, 0.2) is 18.2 Å². The van der Waals surface area contributed by atoms with Crippen LogP contribution < -0.4 is 4.74 Å². The minimum atomic E-state index is 0.210. The zero-order chi connectivity index (χ0) is 10.6. The van der Waals surface area contributed by atoms with Crippen molar-refractivity contribution in [2.24, 2.45) is 0 Å². The summed E-state index contributed by atoms with van der Waals surface area (Å²) in [5, 5.41) is 8.83. The first-order valence-corrected chi connectivity index (χ1v) is 4.69. The molecule has 0 heterocycles. The lowest BCUT2D eigenvalue weighted by molar-refractivity contribution is 0.339. The van der Waals surface area contributed by atoms with Gasteiger partial charge in [-0.2, -0.15) is 5.26 Å². The van der Waals surface area contributed by atoms with Crippen LogP contribution in [0.5, 0.6) is 5.75 Å². The molecule has 14 heavy (non-hydrogen) atoms. The normalized spacial score (nSPS) is 9.93. The van der Waals surface area contributed by atoms with E-state index >= 15 is 0 Å². The summed E-state index contributed by atoms with van der Waals surface area (Å²) < 4.78 is 5.37. The van der Waals surface area contributed by atoms with Crippen LogP contribution in [0.4, 0.5) is 0 Å². The smallest absolute Gasteiger partial charge is 0.137 e. The Kier molecular flexibility index (Phi) is 3.53. The van der Waals surface area contributed by atoms with Crippen molar-refractivity contribution in [2.45, 2.75) is 19.8 Å². The summed E-state index contributed by atoms with van der Waals surface area (Å²) in [6.07, 6.45) is 0. The molecular formula is C12H14NO. The van der Waals surface area contributed by atoms with Crippen LogP contribution in [-0.2, 0) is 0 Å². The SMILES string of the molecule is [CH2]C(C)c1ccc(C#N)c(OCC)c1. The quantitative estimate of drug-likeness (QED) is 0.730. The molecule has 1 atom stereocenters. The Labute approximate surface area is 85.1 Å². The highest BCUT2D eigenvalue weighted by Gasteiger charge is 2.06. The summed E-state index contributed by atoms with van der Waals surface area (Å²) in [6, 6.07) is 7.68. The van der Waals surface area contributed by atoms with Gasteiger partial charge < -0.3 is 4.74 Å². The standard InChI is InChI=1S/C12H14NO/c1-4-14-12-7-10(9(2)3)5-6-11(12)8-13/h5-7,9H,2,4H2,1,3H3. The van der Waals surface area contributed by atoms with Gasteiger partial charge >= 0.3 is 0 Å². The van der Waals surface area contributed by atoms with Crippen molar-refractivity contribution in [3.63, 3.8) is 0 Å². The molecule has 0 aliphatic carbocycles. The van der Waals surface area contributed by atoms with E-state index in [4.69, 9.17) is 10.00 Å². The van der Waals surface area contributed by atoms with Crippen molar-refractivity contribution in [1.29, 1.82) is 5.26 Å². The summed E-state index contributed by atoms with van der Waals surface area (Å²) in [4.78, 5) is 0. The lowest BCUT2D eigenvalue weighted by Gasteiger charge is -2.09. The molecule has 0 fully saturated rings. The maximum Gasteiger partial charge on any atom is 0.137 e. The van der Waals surface area contributed by atoms with Crippen LogP contribution in [0.3, 0.4) is 0 Å². The molecule has 0 spiro atoms. The number of benzene rings is 1. The van der Waals surface area contributed by atoms with Gasteiger partial charge in [0.25, 0.3) is 0 Å². The Morgan fingerprint density at radius 2 is 2.29 bits per heavy atom. The van der Waals surface area contributed by atoms with Crippen LogP contribution in [0.2, 0.25) is 0 Å². The maximum atomic E-state index is 8.83. The fraction of sp³-hybridized carbons (Fsp3) is 0.333. The topological polar surface area (TPSA) is 33.0 Å². The zero-order valence-corrected chi connectivity index (χ0v) is 8.58. The molecule has 0 aliphatic rings. The third kappa shape index (κ3) is 2.26. The highest BCUT2D eigenvalue weighted by atomic mass is 16.5. The number of nitrogens with zero attached hydrogens (tertiary/aromatic N) is 1.